The average Bonchev–Trinajstić information content (AvgIpc) is 2.60. The summed E-state index contributed by atoms with van der Waals surface area (Å²) in [7, 11) is 0. The molecule has 2 heterocycles. The molecule has 0 atom stereocenters. The van der Waals surface area contributed by atoms with Crippen LogP contribution >= 0.6 is 11.3 Å². The summed E-state index contributed by atoms with van der Waals surface area (Å²) in [6.45, 7) is 2.55. The molecule has 0 saturated carbocycles. The van der Waals surface area contributed by atoms with Gasteiger partial charge in [0.1, 0.15) is 4.83 Å². The van der Waals surface area contributed by atoms with Gasteiger partial charge >= 0.3 is 11.4 Å². The van der Waals surface area contributed by atoms with Crippen molar-refractivity contribution in [2.75, 3.05) is 0 Å². The van der Waals surface area contributed by atoms with E-state index < -0.39 is 11.4 Å². The van der Waals surface area contributed by atoms with Crippen molar-refractivity contribution < 1.29 is 4.42 Å². The van der Waals surface area contributed by atoms with Gasteiger partial charge in [-0.25, -0.2) is 9.59 Å². The highest BCUT2D eigenvalue weighted by atomic mass is 32.1. The molecule has 0 saturated heterocycles. The molecule has 0 aliphatic heterocycles. The van der Waals surface area contributed by atoms with Crippen LogP contribution in [0.3, 0.4) is 0 Å². The van der Waals surface area contributed by atoms with Gasteiger partial charge in [0.15, 0.2) is 0 Å². The fourth-order valence-electron chi connectivity index (χ4n) is 1.35. The molecule has 0 amide bonds. The average molecular weight is 211 g/mol. The van der Waals surface area contributed by atoms with Crippen LogP contribution < -0.4 is 11.4 Å². The van der Waals surface area contributed by atoms with Gasteiger partial charge in [-0.1, -0.05) is 6.92 Å². The van der Waals surface area contributed by atoms with Crippen molar-refractivity contribution in [1.29, 1.82) is 0 Å². The van der Waals surface area contributed by atoms with Gasteiger partial charge in [0, 0.05) is 6.54 Å². The highest BCUT2D eigenvalue weighted by Gasteiger charge is 2.08. The lowest BCUT2D eigenvalue weighted by Crippen LogP contribution is -2.23. The summed E-state index contributed by atoms with van der Waals surface area (Å²) < 4.78 is 6.09. The van der Waals surface area contributed by atoms with Gasteiger partial charge in [-0.3, -0.25) is 4.57 Å². The van der Waals surface area contributed by atoms with Gasteiger partial charge in [0.05, 0.1) is 5.39 Å². The molecule has 0 radical (unpaired) electrons. The molecule has 0 aliphatic carbocycles. The van der Waals surface area contributed by atoms with Gasteiger partial charge in [0.2, 0.25) is 0 Å². The maximum atomic E-state index is 11.3. The Morgan fingerprint density at radius 3 is 3.00 bits per heavy atom. The minimum atomic E-state index is -0.563. The number of hydrogen-bond donors (Lipinski definition) is 0. The Balaban J connectivity index is 2.86. The molecule has 2 rings (SSSR count). The second-order valence-electron chi connectivity index (χ2n) is 2.95. The largest absolute Gasteiger partial charge is 0.422 e. The minimum Gasteiger partial charge on any atom is -0.372 e. The summed E-state index contributed by atoms with van der Waals surface area (Å²) in [6, 6.07) is 1.68. The summed E-state index contributed by atoms with van der Waals surface area (Å²) in [6.07, 6.45) is 0.834. The van der Waals surface area contributed by atoms with E-state index in [-0.39, 0.29) is 0 Å². The molecule has 2 aromatic rings. The van der Waals surface area contributed by atoms with Crippen molar-refractivity contribution in [2.24, 2.45) is 0 Å². The van der Waals surface area contributed by atoms with Crippen molar-refractivity contribution >= 4 is 21.6 Å². The van der Waals surface area contributed by atoms with Crippen LogP contribution in [0.25, 0.3) is 10.2 Å². The van der Waals surface area contributed by atoms with Crippen molar-refractivity contribution in [3.8, 4) is 0 Å². The van der Waals surface area contributed by atoms with Crippen LogP contribution in [-0.2, 0) is 6.54 Å². The Morgan fingerprint density at radius 2 is 2.29 bits per heavy atom. The first-order valence-corrected chi connectivity index (χ1v) is 5.23. The third-order valence-electron chi connectivity index (χ3n) is 1.96. The molecule has 74 valence electrons. The van der Waals surface area contributed by atoms with Gasteiger partial charge in [-0.15, -0.1) is 11.3 Å². The summed E-state index contributed by atoms with van der Waals surface area (Å²) >= 11 is 1.39. The van der Waals surface area contributed by atoms with Gasteiger partial charge < -0.3 is 4.42 Å². The fourth-order valence-corrected chi connectivity index (χ4v) is 2.26. The molecule has 0 fully saturated rings. The molecule has 0 N–H and O–H groups in total. The molecule has 2 aromatic heterocycles. The predicted octanol–water partition coefficient (Wildman–Crippen LogP) is 1.43. The number of aromatic nitrogens is 1. The Morgan fingerprint density at radius 1 is 1.50 bits per heavy atom. The molecule has 0 unspecified atom stereocenters. The fraction of sp³-hybridized carbons (Fsp3) is 0.333. The molecular weight excluding hydrogens is 202 g/mol. The maximum absolute atomic E-state index is 11.3. The van der Waals surface area contributed by atoms with Crippen LogP contribution in [0.5, 0.6) is 0 Å². The monoisotopic (exact) mass is 211 g/mol. The zero-order chi connectivity index (χ0) is 10.1. The Labute approximate surface area is 83.4 Å². The third kappa shape index (κ3) is 1.29. The molecule has 0 aliphatic rings. The van der Waals surface area contributed by atoms with Crippen LogP contribution in [0, 0.1) is 0 Å². The number of hydrogen-bond acceptors (Lipinski definition) is 4. The Hall–Kier alpha value is -1.36. The SMILES string of the molecule is CCCn1c(=O)oc(=O)c2ccsc21. The third-order valence-corrected chi connectivity index (χ3v) is 2.89. The number of nitrogens with zero attached hydrogens (tertiary/aromatic N) is 1. The van der Waals surface area contributed by atoms with Gasteiger partial charge in [-0.2, -0.15) is 0 Å². The van der Waals surface area contributed by atoms with Crippen LogP contribution in [0.15, 0.2) is 25.5 Å². The number of fused-ring (bicyclic) bond motifs is 1. The van der Waals surface area contributed by atoms with Crippen LogP contribution in [0.1, 0.15) is 13.3 Å². The number of rotatable bonds is 2. The number of thiophene rings is 1. The Bertz CT molecular complexity index is 563. The van der Waals surface area contributed by atoms with E-state index >= 15 is 0 Å². The van der Waals surface area contributed by atoms with E-state index in [9.17, 15) is 9.59 Å². The second kappa shape index (κ2) is 3.42. The van der Waals surface area contributed by atoms with E-state index in [0.29, 0.717) is 16.8 Å². The summed E-state index contributed by atoms with van der Waals surface area (Å²) in [5, 5.41) is 2.27. The van der Waals surface area contributed by atoms with E-state index in [1.54, 1.807) is 11.4 Å². The summed E-state index contributed by atoms with van der Waals surface area (Å²) in [5.41, 5.74) is -0.543. The quantitative estimate of drug-likeness (QED) is 0.755. The van der Waals surface area contributed by atoms with E-state index in [1.165, 1.54) is 15.9 Å². The van der Waals surface area contributed by atoms with E-state index in [4.69, 9.17) is 0 Å². The van der Waals surface area contributed by atoms with E-state index in [1.807, 2.05) is 6.92 Å². The zero-order valence-electron chi connectivity index (χ0n) is 7.65. The van der Waals surface area contributed by atoms with E-state index in [2.05, 4.69) is 4.42 Å². The maximum Gasteiger partial charge on any atom is 0.422 e. The molecule has 14 heavy (non-hydrogen) atoms. The smallest absolute Gasteiger partial charge is 0.372 e. The lowest BCUT2D eigenvalue weighted by atomic mass is 10.4. The molecule has 5 heteroatoms. The summed E-state index contributed by atoms with van der Waals surface area (Å²) in [5.74, 6) is -0.563. The lowest BCUT2D eigenvalue weighted by Gasteiger charge is -2.01. The van der Waals surface area contributed by atoms with Gasteiger partial charge in [-0.05, 0) is 17.9 Å². The van der Waals surface area contributed by atoms with Crippen molar-refractivity contribution in [1.82, 2.24) is 4.57 Å². The predicted molar refractivity (Wildman–Crippen MR) is 54.9 cm³/mol. The van der Waals surface area contributed by atoms with Crippen molar-refractivity contribution in [3.05, 3.63) is 32.4 Å². The van der Waals surface area contributed by atoms with Crippen molar-refractivity contribution in [3.63, 3.8) is 0 Å². The minimum absolute atomic E-state index is 0.489. The van der Waals surface area contributed by atoms with Crippen LogP contribution in [0.2, 0.25) is 0 Å². The Kier molecular flexibility index (Phi) is 2.25. The van der Waals surface area contributed by atoms with Crippen LogP contribution in [-0.4, -0.2) is 4.57 Å². The molecule has 4 nitrogen and oxygen atoms in total. The van der Waals surface area contributed by atoms with Gasteiger partial charge in [0.25, 0.3) is 0 Å². The zero-order valence-corrected chi connectivity index (χ0v) is 8.47. The first-order valence-electron chi connectivity index (χ1n) is 4.35. The molecule has 0 bridgehead atoms. The first kappa shape index (κ1) is 9.21. The normalized spacial score (nSPS) is 10.9. The number of aryl methyl sites for hydroxylation is 1. The highest BCUT2D eigenvalue weighted by Crippen LogP contribution is 2.15. The second-order valence-corrected chi connectivity index (χ2v) is 3.84. The molecule has 0 spiro atoms. The first-order chi connectivity index (χ1) is 6.74. The topological polar surface area (TPSA) is 52.2 Å². The molecular formula is C9H9NO3S. The summed E-state index contributed by atoms with van der Waals surface area (Å²) in [4.78, 5) is 23.3. The highest BCUT2D eigenvalue weighted by molar-refractivity contribution is 7.16. The lowest BCUT2D eigenvalue weighted by molar-refractivity contribution is 0.416. The van der Waals surface area contributed by atoms with E-state index in [0.717, 1.165) is 6.42 Å². The standard InChI is InChI=1S/C9H9NO3S/c1-2-4-10-7-6(3-5-14-7)8(11)13-9(10)12/h3,5H,2,4H2,1H3. The molecule has 0 aromatic carbocycles. The van der Waals surface area contributed by atoms with Crippen LogP contribution in [0.4, 0.5) is 0 Å². The van der Waals surface area contributed by atoms with Crippen molar-refractivity contribution in [2.45, 2.75) is 19.9 Å².